The maximum absolute atomic E-state index is 10.7. The molecule has 0 amide bonds. The van der Waals surface area contributed by atoms with Gasteiger partial charge in [0, 0.05) is 0 Å². The lowest BCUT2D eigenvalue weighted by Crippen LogP contribution is -2.16. The number of nitro groups is 1. The summed E-state index contributed by atoms with van der Waals surface area (Å²) in [4.78, 5) is 10.1. The smallest absolute Gasteiger partial charge is 0.400 e. The molecule has 0 saturated heterocycles. The van der Waals surface area contributed by atoms with Crippen LogP contribution in [0, 0.1) is 10.1 Å². The summed E-state index contributed by atoms with van der Waals surface area (Å²) in [5, 5.41) is 17.0. The number of rotatable bonds is 7. The summed E-state index contributed by atoms with van der Waals surface area (Å²) >= 11 is 0. The molecule has 0 saturated carbocycles. The first-order chi connectivity index (χ1) is 12.2. The van der Waals surface area contributed by atoms with Crippen LogP contribution in [0.2, 0.25) is 0 Å². The second-order valence-electron chi connectivity index (χ2n) is 5.47. The highest BCUT2D eigenvalue weighted by Gasteiger charge is 2.11. The van der Waals surface area contributed by atoms with Crippen LogP contribution in [0.3, 0.4) is 0 Å². The Morgan fingerprint density at radius 2 is 1.48 bits per heavy atom. The molecule has 0 fully saturated rings. The number of hydrazone groups is 1. The summed E-state index contributed by atoms with van der Waals surface area (Å²) in [6.07, 6.45) is 1.50. The molecule has 0 unspecified atom stereocenters. The lowest BCUT2D eigenvalue weighted by molar-refractivity contribution is -0.402. The topological polar surface area (TPSA) is 71.9 Å². The van der Waals surface area contributed by atoms with Gasteiger partial charge in [-0.2, -0.15) is 5.10 Å². The van der Waals surface area contributed by atoms with Crippen molar-refractivity contribution in [1.29, 1.82) is 0 Å². The van der Waals surface area contributed by atoms with Gasteiger partial charge in [-0.15, -0.1) is 0 Å². The van der Waals surface area contributed by atoms with Gasteiger partial charge in [0.25, 0.3) is 0 Å². The molecule has 0 N–H and O–H groups in total. The van der Waals surface area contributed by atoms with Crippen molar-refractivity contribution < 1.29 is 9.34 Å². The molecule has 6 heteroatoms. The van der Waals surface area contributed by atoms with Crippen LogP contribution in [-0.2, 0) is 13.1 Å². The van der Waals surface area contributed by atoms with E-state index in [0.29, 0.717) is 18.8 Å². The van der Waals surface area contributed by atoms with Crippen molar-refractivity contribution in [2.75, 3.05) is 0 Å². The van der Waals surface area contributed by atoms with Gasteiger partial charge in [-0.3, -0.25) is 15.1 Å². The summed E-state index contributed by atoms with van der Waals surface area (Å²) in [5.74, 6) is 0.0527. The van der Waals surface area contributed by atoms with Crippen molar-refractivity contribution in [3.8, 4) is 0 Å². The lowest BCUT2D eigenvalue weighted by Gasteiger charge is -2.19. The van der Waals surface area contributed by atoms with Gasteiger partial charge in [0.2, 0.25) is 0 Å². The highest BCUT2D eigenvalue weighted by molar-refractivity contribution is 5.76. The van der Waals surface area contributed by atoms with E-state index >= 15 is 0 Å². The zero-order valence-corrected chi connectivity index (χ0v) is 13.5. The molecule has 0 spiro atoms. The number of nitrogens with zero attached hydrogens (tertiary/aromatic N) is 3. The second-order valence-corrected chi connectivity index (χ2v) is 5.47. The zero-order chi connectivity index (χ0) is 17.5. The number of furan rings is 1. The van der Waals surface area contributed by atoms with Crippen molar-refractivity contribution in [3.05, 3.63) is 99.8 Å². The zero-order valence-electron chi connectivity index (χ0n) is 13.5. The highest BCUT2D eigenvalue weighted by Crippen LogP contribution is 2.15. The van der Waals surface area contributed by atoms with E-state index in [2.05, 4.69) is 5.10 Å². The predicted molar refractivity (Wildman–Crippen MR) is 95.1 cm³/mol. The largest absolute Gasteiger partial charge is 0.433 e. The van der Waals surface area contributed by atoms with Crippen LogP contribution in [-0.4, -0.2) is 16.1 Å². The Balaban J connectivity index is 1.77. The summed E-state index contributed by atoms with van der Waals surface area (Å²) in [6.45, 7) is 1.24. The summed E-state index contributed by atoms with van der Waals surface area (Å²) in [5.41, 5.74) is 2.25. The first-order valence-corrected chi connectivity index (χ1v) is 7.82. The first kappa shape index (κ1) is 16.4. The average molecular weight is 335 g/mol. The predicted octanol–water partition coefficient (Wildman–Crippen LogP) is 4.22. The van der Waals surface area contributed by atoms with Gasteiger partial charge < -0.3 is 4.42 Å². The summed E-state index contributed by atoms with van der Waals surface area (Å²) in [6, 6.07) is 22.8. The normalized spacial score (nSPS) is 10.9. The van der Waals surface area contributed by atoms with E-state index in [1.165, 1.54) is 18.3 Å². The SMILES string of the molecule is O=[N+]([O-])c1ccc(/C=N/N(Cc2ccccc2)Cc2ccccc2)o1. The molecule has 0 aliphatic rings. The molecule has 1 aromatic heterocycles. The maximum atomic E-state index is 10.7. The van der Waals surface area contributed by atoms with Crippen molar-refractivity contribution in [3.63, 3.8) is 0 Å². The quantitative estimate of drug-likeness (QED) is 0.368. The van der Waals surface area contributed by atoms with E-state index in [4.69, 9.17) is 4.42 Å². The van der Waals surface area contributed by atoms with Crippen molar-refractivity contribution in [2.45, 2.75) is 13.1 Å². The number of benzene rings is 2. The fourth-order valence-electron chi connectivity index (χ4n) is 2.37. The van der Waals surface area contributed by atoms with E-state index in [-0.39, 0.29) is 5.88 Å². The Labute approximate surface area is 145 Å². The van der Waals surface area contributed by atoms with Crippen LogP contribution in [0.4, 0.5) is 5.88 Å². The van der Waals surface area contributed by atoms with E-state index in [0.717, 1.165) is 11.1 Å². The van der Waals surface area contributed by atoms with Crippen LogP contribution in [0.15, 0.2) is 82.3 Å². The molecule has 0 atom stereocenters. The van der Waals surface area contributed by atoms with Crippen LogP contribution in [0.25, 0.3) is 0 Å². The molecule has 126 valence electrons. The second kappa shape index (κ2) is 7.92. The van der Waals surface area contributed by atoms with Gasteiger partial charge in [0.05, 0.1) is 25.4 Å². The molecule has 6 nitrogen and oxygen atoms in total. The minimum Gasteiger partial charge on any atom is -0.400 e. The van der Waals surface area contributed by atoms with E-state index < -0.39 is 4.92 Å². The molecular weight excluding hydrogens is 318 g/mol. The maximum Gasteiger partial charge on any atom is 0.433 e. The molecule has 1 heterocycles. The standard InChI is InChI=1S/C19H17N3O3/c23-22(24)19-12-11-18(25-19)13-20-21(14-16-7-3-1-4-8-16)15-17-9-5-2-6-10-17/h1-13H,14-15H2/b20-13+. The molecule has 0 aliphatic carbocycles. The Morgan fingerprint density at radius 1 is 0.920 bits per heavy atom. The molecule has 25 heavy (non-hydrogen) atoms. The number of hydrogen-bond acceptors (Lipinski definition) is 5. The molecule has 0 bridgehead atoms. The van der Waals surface area contributed by atoms with Crippen LogP contribution in [0.1, 0.15) is 16.9 Å². The Bertz CT molecular complexity index is 803. The van der Waals surface area contributed by atoms with Gasteiger partial charge in [0.1, 0.15) is 4.92 Å². The lowest BCUT2D eigenvalue weighted by atomic mass is 10.2. The van der Waals surface area contributed by atoms with Crippen LogP contribution in [0.5, 0.6) is 0 Å². The van der Waals surface area contributed by atoms with Crippen LogP contribution < -0.4 is 0 Å². The fourth-order valence-corrected chi connectivity index (χ4v) is 2.37. The van der Waals surface area contributed by atoms with E-state index in [1.54, 1.807) is 0 Å². The van der Waals surface area contributed by atoms with Crippen molar-refractivity contribution >= 4 is 12.1 Å². The van der Waals surface area contributed by atoms with Gasteiger partial charge in [-0.1, -0.05) is 60.7 Å². The van der Waals surface area contributed by atoms with Crippen LogP contribution >= 0.6 is 0 Å². The minimum atomic E-state index is -0.566. The molecule has 3 rings (SSSR count). The summed E-state index contributed by atoms with van der Waals surface area (Å²) < 4.78 is 5.12. The van der Waals surface area contributed by atoms with E-state index in [9.17, 15) is 10.1 Å². The first-order valence-electron chi connectivity index (χ1n) is 7.82. The van der Waals surface area contributed by atoms with Gasteiger partial charge >= 0.3 is 5.88 Å². The van der Waals surface area contributed by atoms with E-state index in [1.807, 2.05) is 65.7 Å². The monoisotopic (exact) mass is 335 g/mol. The molecule has 0 radical (unpaired) electrons. The molecular formula is C19H17N3O3. The molecule has 0 aliphatic heterocycles. The molecule has 2 aromatic carbocycles. The number of hydrogen-bond donors (Lipinski definition) is 0. The van der Waals surface area contributed by atoms with Gasteiger partial charge in [0.15, 0.2) is 5.76 Å². The minimum absolute atomic E-state index is 0.292. The third-order valence-electron chi connectivity index (χ3n) is 3.56. The van der Waals surface area contributed by atoms with Gasteiger partial charge in [-0.25, -0.2) is 0 Å². The average Bonchev–Trinajstić information content (AvgIpc) is 3.11. The third kappa shape index (κ3) is 4.78. The highest BCUT2D eigenvalue weighted by atomic mass is 16.6. The Kier molecular flexibility index (Phi) is 5.21. The Morgan fingerprint density at radius 3 is 1.96 bits per heavy atom. The fraction of sp³-hybridized carbons (Fsp3) is 0.105. The molecule has 3 aromatic rings. The van der Waals surface area contributed by atoms with Crippen molar-refractivity contribution in [1.82, 2.24) is 5.01 Å². The summed E-state index contributed by atoms with van der Waals surface area (Å²) in [7, 11) is 0. The Hall–Kier alpha value is -3.41. The third-order valence-corrected chi connectivity index (χ3v) is 3.56. The van der Waals surface area contributed by atoms with Gasteiger partial charge in [-0.05, 0) is 17.2 Å². The van der Waals surface area contributed by atoms with Crippen molar-refractivity contribution in [2.24, 2.45) is 5.10 Å².